The van der Waals surface area contributed by atoms with Gasteiger partial charge in [0.1, 0.15) is 6.33 Å². The molecule has 23 heavy (non-hydrogen) atoms. The van der Waals surface area contributed by atoms with Crippen LogP contribution in [0.4, 0.5) is 0 Å². The average Bonchev–Trinajstić information content (AvgIpc) is 3.25. The number of nitrogens with zero attached hydrogens (tertiary/aromatic N) is 8. The lowest BCUT2D eigenvalue weighted by atomic mass is 10.00. The van der Waals surface area contributed by atoms with Gasteiger partial charge in [-0.05, 0) is 23.3 Å². The van der Waals surface area contributed by atoms with E-state index in [0.717, 1.165) is 25.1 Å². The molecule has 10 heteroatoms. The number of aryl methyl sites for hydroxylation is 1. The van der Waals surface area contributed by atoms with E-state index in [4.69, 9.17) is 4.74 Å². The first-order valence-corrected chi connectivity index (χ1v) is 7.80. The SMILES string of the molecule is O=C(CCCn1cnnn1)N1CC[C@H]2OCc3cnnn3[C@H]2C1. The summed E-state index contributed by atoms with van der Waals surface area (Å²) in [6.07, 6.45) is 5.45. The quantitative estimate of drug-likeness (QED) is 0.742. The lowest BCUT2D eigenvalue weighted by Crippen LogP contribution is -2.49. The van der Waals surface area contributed by atoms with Crippen molar-refractivity contribution in [2.24, 2.45) is 0 Å². The summed E-state index contributed by atoms with van der Waals surface area (Å²) in [7, 11) is 0. The molecule has 1 amide bonds. The number of piperidine rings is 1. The molecule has 2 aromatic heterocycles. The summed E-state index contributed by atoms with van der Waals surface area (Å²) in [6.45, 7) is 2.56. The standard InChI is InChI=1S/C13H18N8O2/c22-13(2-1-4-20-9-15-16-18-20)19-5-3-12-11(7-19)21-10(8-23-12)6-14-17-21/h6,9,11-12H,1-5,7-8H2/t11-,12+/m0/s1. The molecule has 4 rings (SSSR count). The molecule has 0 aromatic carbocycles. The third-order valence-electron chi connectivity index (χ3n) is 4.45. The van der Waals surface area contributed by atoms with E-state index < -0.39 is 0 Å². The molecule has 0 bridgehead atoms. The van der Waals surface area contributed by atoms with Crippen LogP contribution in [-0.2, 0) is 22.7 Å². The van der Waals surface area contributed by atoms with E-state index in [-0.39, 0.29) is 18.1 Å². The third-order valence-corrected chi connectivity index (χ3v) is 4.45. The van der Waals surface area contributed by atoms with Crippen LogP contribution in [0.1, 0.15) is 31.0 Å². The van der Waals surface area contributed by atoms with E-state index in [2.05, 4.69) is 25.8 Å². The Kier molecular flexibility index (Phi) is 3.74. The van der Waals surface area contributed by atoms with Gasteiger partial charge in [-0.3, -0.25) is 4.79 Å². The van der Waals surface area contributed by atoms with Crippen LogP contribution in [0.2, 0.25) is 0 Å². The van der Waals surface area contributed by atoms with Gasteiger partial charge < -0.3 is 9.64 Å². The number of fused-ring (bicyclic) bond motifs is 3. The normalized spacial score (nSPS) is 23.4. The number of amides is 1. The summed E-state index contributed by atoms with van der Waals surface area (Å²) >= 11 is 0. The highest BCUT2D eigenvalue weighted by atomic mass is 16.5. The molecule has 10 nitrogen and oxygen atoms in total. The summed E-state index contributed by atoms with van der Waals surface area (Å²) in [6, 6.07) is 0.0680. The number of likely N-dealkylation sites (tertiary alicyclic amines) is 1. The van der Waals surface area contributed by atoms with E-state index in [1.165, 1.54) is 0 Å². The van der Waals surface area contributed by atoms with Crippen LogP contribution < -0.4 is 0 Å². The predicted molar refractivity (Wildman–Crippen MR) is 75.9 cm³/mol. The molecule has 0 saturated carbocycles. The van der Waals surface area contributed by atoms with E-state index >= 15 is 0 Å². The third kappa shape index (κ3) is 2.81. The van der Waals surface area contributed by atoms with Crippen molar-refractivity contribution < 1.29 is 9.53 Å². The van der Waals surface area contributed by atoms with Gasteiger partial charge in [0.15, 0.2) is 0 Å². The molecule has 0 N–H and O–H groups in total. The van der Waals surface area contributed by atoms with Gasteiger partial charge in [-0.25, -0.2) is 9.36 Å². The number of carbonyl (C=O) groups is 1. The van der Waals surface area contributed by atoms with Crippen LogP contribution in [0.25, 0.3) is 0 Å². The highest BCUT2D eigenvalue weighted by Gasteiger charge is 2.37. The van der Waals surface area contributed by atoms with Gasteiger partial charge in [0.2, 0.25) is 5.91 Å². The smallest absolute Gasteiger partial charge is 0.222 e. The second kappa shape index (κ2) is 6.03. The maximum atomic E-state index is 12.4. The number of tetrazole rings is 1. The van der Waals surface area contributed by atoms with Crippen molar-refractivity contribution in [3.05, 3.63) is 18.2 Å². The number of rotatable bonds is 4. The molecule has 1 fully saturated rings. The molecule has 0 spiro atoms. The monoisotopic (exact) mass is 318 g/mol. The Morgan fingerprint density at radius 2 is 2.30 bits per heavy atom. The molecular weight excluding hydrogens is 300 g/mol. The predicted octanol–water partition coefficient (Wildman–Crippen LogP) is -0.583. The zero-order valence-corrected chi connectivity index (χ0v) is 12.7. The molecular formula is C13H18N8O2. The van der Waals surface area contributed by atoms with Crippen LogP contribution in [0.3, 0.4) is 0 Å². The molecule has 1 saturated heterocycles. The zero-order valence-electron chi connectivity index (χ0n) is 12.7. The van der Waals surface area contributed by atoms with Crippen molar-refractivity contribution in [3.8, 4) is 0 Å². The zero-order chi connectivity index (χ0) is 15.6. The summed E-state index contributed by atoms with van der Waals surface area (Å²) in [4.78, 5) is 14.3. The Morgan fingerprint density at radius 1 is 1.35 bits per heavy atom. The van der Waals surface area contributed by atoms with E-state index in [0.29, 0.717) is 26.1 Å². The summed E-state index contributed by atoms with van der Waals surface area (Å²) in [5, 5.41) is 19.1. The van der Waals surface area contributed by atoms with Gasteiger partial charge >= 0.3 is 0 Å². The Bertz CT molecular complexity index is 669. The van der Waals surface area contributed by atoms with Gasteiger partial charge in [0, 0.05) is 26.1 Å². The van der Waals surface area contributed by atoms with Gasteiger partial charge in [-0.2, -0.15) is 0 Å². The minimum atomic E-state index is 0.0680. The molecule has 122 valence electrons. The highest BCUT2D eigenvalue weighted by molar-refractivity contribution is 5.76. The maximum absolute atomic E-state index is 12.4. The number of hydrogen-bond acceptors (Lipinski definition) is 7. The Morgan fingerprint density at radius 3 is 3.17 bits per heavy atom. The van der Waals surface area contributed by atoms with Crippen molar-refractivity contribution in [3.63, 3.8) is 0 Å². The minimum absolute atomic E-state index is 0.0680. The van der Waals surface area contributed by atoms with Crippen LogP contribution in [-0.4, -0.2) is 65.2 Å². The van der Waals surface area contributed by atoms with Crippen molar-refractivity contribution in [2.75, 3.05) is 13.1 Å². The van der Waals surface area contributed by atoms with Crippen LogP contribution in [0, 0.1) is 0 Å². The van der Waals surface area contributed by atoms with Crippen molar-refractivity contribution >= 4 is 5.91 Å². The molecule has 0 radical (unpaired) electrons. The maximum Gasteiger partial charge on any atom is 0.222 e. The minimum Gasteiger partial charge on any atom is -0.370 e. The lowest BCUT2D eigenvalue weighted by molar-refractivity contribution is -0.138. The lowest BCUT2D eigenvalue weighted by Gasteiger charge is -2.41. The first-order valence-electron chi connectivity index (χ1n) is 7.80. The van der Waals surface area contributed by atoms with Gasteiger partial charge in [0.25, 0.3) is 0 Å². The second-order valence-corrected chi connectivity index (χ2v) is 5.89. The molecule has 2 aliphatic heterocycles. The van der Waals surface area contributed by atoms with Crippen LogP contribution in [0.15, 0.2) is 12.5 Å². The fraction of sp³-hybridized carbons (Fsp3) is 0.692. The summed E-state index contributed by atoms with van der Waals surface area (Å²) in [5.74, 6) is 0.156. The number of aromatic nitrogens is 7. The van der Waals surface area contributed by atoms with Gasteiger partial charge in [-0.1, -0.05) is 5.21 Å². The van der Waals surface area contributed by atoms with Gasteiger partial charge in [-0.15, -0.1) is 10.2 Å². The first-order chi connectivity index (χ1) is 11.3. The Labute approximate surface area is 132 Å². The highest BCUT2D eigenvalue weighted by Crippen LogP contribution is 2.30. The molecule has 2 aliphatic rings. The number of ether oxygens (including phenoxy) is 1. The van der Waals surface area contributed by atoms with Crippen LogP contribution >= 0.6 is 0 Å². The summed E-state index contributed by atoms with van der Waals surface area (Å²) < 4.78 is 9.41. The average molecular weight is 318 g/mol. The Balaban J connectivity index is 1.35. The van der Waals surface area contributed by atoms with Crippen molar-refractivity contribution in [1.29, 1.82) is 0 Å². The van der Waals surface area contributed by atoms with E-state index in [9.17, 15) is 4.79 Å². The topological polar surface area (TPSA) is 104 Å². The largest absolute Gasteiger partial charge is 0.370 e. The van der Waals surface area contributed by atoms with Crippen molar-refractivity contribution in [1.82, 2.24) is 40.1 Å². The fourth-order valence-electron chi connectivity index (χ4n) is 3.24. The van der Waals surface area contributed by atoms with Crippen molar-refractivity contribution in [2.45, 2.75) is 44.6 Å². The Hall–Kier alpha value is -2.36. The first kappa shape index (κ1) is 14.2. The molecule has 0 aliphatic carbocycles. The van der Waals surface area contributed by atoms with Crippen LogP contribution in [0.5, 0.6) is 0 Å². The molecule has 2 atom stereocenters. The number of carbonyl (C=O) groups excluding carboxylic acids is 1. The second-order valence-electron chi connectivity index (χ2n) is 5.89. The molecule has 2 aromatic rings. The van der Waals surface area contributed by atoms with E-state index in [1.54, 1.807) is 17.2 Å². The fourth-order valence-corrected chi connectivity index (χ4v) is 3.24. The molecule has 0 unspecified atom stereocenters. The summed E-state index contributed by atoms with van der Waals surface area (Å²) in [5.41, 5.74) is 0.972. The number of hydrogen-bond donors (Lipinski definition) is 0. The van der Waals surface area contributed by atoms with E-state index in [1.807, 2.05) is 9.58 Å². The van der Waals surface area contributed by atoms with Gasteiger partial charge in [0.05, 0.1) is 30.6 Å². The molecule has 4 heterocycles.